The van der Waals surface area contributed by atoms with Crippen molar-refractivity contribution in [2.75, 3.05) is 20.2 Å². The summed E-state index contributed by atoms with van der Waals surface area (Å²) >= 11 is 0. The Morgan fingerprint density at radius 1 is 1.55 bits per heavy atom. The van der Waals surface area contributed by atoms with E-state index >= 15 is 0 Å². The van der Waals surface area contributed by atoms with Crippen LogP contribution in [0.25, 0.3) is 0 Å². The standard InChI is InChI=1S/C15H22N2O5/c1-10-6-13(18)15(21)12(8-16(2)9-14(19)20)17(10)7-11-4-3-5-22-11/h6,11,21H,3-5,7-9H2,1-2H3,(H,19,20). The van der Waals surface area contributed by atoms with Crippen molar-refractivity contribution in [2.45, 2.75) is 39.0 Å². The van der Waals surface area contributed by atoms with Crippen LogP contribution < -0.4 is 5.43 Å². The van der Waals surface area contributed by atoms with Crippen LogP contribution in [0.3, 0.4) is 0 Å². The molecule has 0 saturated carbocycles. The van der Waals surface area contributed by atoms with Gasteiger partial charge in [-0.3, -0.25) is 14.5 Å². The van der Waals surface area contributed by atoms with Crippen molar-refractivity contribution in [3.05, 3.63) is 27.7 Å². The highest BCUT2D eigenvalue weighted by atomic mass is 16.5. The summed E-state index contributed by atoms with van der Waals surface area (Å²) in [5, 5.41) is 19.0. The number of ether oxygens (including phenoxy) is 1. The summed E-state index contributed by atoms with van der Waals surface area (Å²) < 4.78 is 7.47. The minimum atomic E-state index is -0.956. The quantitative estimate of drug-likeness (QED) is 0.797. The van der Waals surface area contributed by atoms with Gasteiger partial charge in [0.05, 0.1) is 18.3 Å². The van der Waals surface area contributed by atoms with Crippen LogP contribution in [0, 0.1) is 6.92 Å². The van der Waals surface area contributed by atoms with Crippen molar-refractivity contribution in [1.29, 1.82) is 0 Å². The van der Waals surface area contributed by atoms with E-state index in [-0.39, 0.29) is 24.9 Å². The summed E-state index contributed by atoms with van der Waals surface area (Å²) in [6.45, 7) is 3.10. The first kappa shape index (κ1) is 16.5. The van der Waals surface area contributed by atoms with Crippen LogP contribution in [0.5, 0.6) is 5.75 Å². The lowest BCUT2D eigenvalue weighted by atomic mass is 10.2. The third-order valence-electron chi connectivity index (χ3n) is 3.83. The van der Waals surface area contributed by atoms with E-state index in [0.717, 1.165) is 25.1 Å². The smallest absolute Gasteiger partial charge is 0.317 e. The number of hydrogen-bond acceptors (Lipinski definition) is 5. The molecule has 2 rings (SSSR count). The molecule has 0 bridgehead atoms. The Hall–Kier alpha value is -1.86. The molecule has 7 nitrogen and oxygen atoms in total. The van der Waals surface area contributed by atoms with Crippen molar-refractivity contribution in [3.63, 3.8) is 0 Å². The summed E-state index contributed by atoms with van der Waals surface area (Å²) in [6.07, 6.45) is 2.00. The fourth-order valence-electron chi connectivity index (χ4n) is 2.77. The molecule has 1 aliphatic heterocycles. The highest BCUT2D eigenvalue weighted by Gasteiger charge is 2.21. The van der Waals surface area contributed by atoms with Gasteiger partial charge in [0.1, 0.15) is 0 Å². The number of carboxylic acid groups (broad SMARTS) is 1. The molecule has 1 unspecified atom stereocenters. The van der Waals surface area contributed by atoms with Crippen LogP contribution in [0.2, 0.25) is 0 Å². The van der Waals surface area contributed by atoms with Gasteiger partial charge in [0.25, 0.3) is 0 Å². The van der Waals surface area contributed by atoms with Gasteiger partial charge in [0, 0.05) is 31.5 Å². The predicted octanol–water partition coefficient (Wildman–Crippen LogP) is 0.558. The van der Waals surface area contributed by atoms with Gasteiger partial charge >= 0.3 is 5.97 Å². The molecule has 122 valence electrons. The lowest BCUT2D eigenvalue weighted by Crippen LogP contribution is -2.30. The van der Waals surface area contributed by atoms with E-state index < -0.39 is 11.4 Å². The van der Waals surface area contributed by atoms with Gasteiger partial charge in [-0.15, -0.1) is 0 Å². The van der Waals surface area contributed by atoms with Crippen molar-refractivity contribution >= 4 is 5.97 Å². The number of carbonyl (C=O) groups is 1. The zero-order valence-electron chi connectivity index (χ0n) is 12.9. The Labute approximate surface area is 128 Å². The second-order valence-electron chi connectivity index (χ2n) is 5.76. The van der Waals surface area contributed by atoms with E-state index in [1.165, 1.54) is 6.07 Å². The molecule has 1 saturated heterocycles. The molecule has 1 aromatic rings. The van der Waals surface area contributed by atoms with Gasteiger partial charge in [0.2, 0.25) is 5.43 Å². The predicted molar refractivity (Wildman–Crippen MR) is 80.0 cm³/mol. The molecule has 1 aliphatic rings. The van der Waals surface area contributed by atoms with Gasteiger partial charge in [-0.2, -0.15) is 0 Å². The van der Waals surface area contributed by atoms with E-state index in [0.29, 0.717) is 12.2 Å². The molecule has 0 aromatic carbocycles. The van der Waals surface area contributed by atoms with Crippen LogP contribution in [0.15, 0.2) is 10.9 Å². The van der Waals surface area contributed by atoms with Crippen molar-refractivity contribution in [1.82, 2.24) is 9.47 Å². The van der Waals surface area contributed by atoms with E-state index in [2.05, 4.69) is 0 Å². The fourth-order valence-corrected chi connectivity index (χ4v) is 2.77. The molecular weight excluding hydrogens is 288 g/mol. The maximum atomic E-state index is 11.8. The first-order valence-corrected chi connectivity index (χ1v) is 7.32. The zero-order valence-corrected chi connectivity index (χ0v) is 12.9. The maximum absolute atomic E-state index is 11.8. The number of carboxylic acids is 1. The third-order valence-corrected chi connectivity index (χ3v) is 3.83. The highest BCUT2D eigenvalue weighted by Crippen LogP contribution is 2.20. The second kappa shape index (κ2) is 6.93. The molecule has 0 radical (unpaired) electrons. The van der Waals surface area contributed by atoms with Gasteiger partial charge in [-0.25, -0.2) is 0 Å². The van der Waals surface area contributed by atoms with Crippen LogP contribution in [0.1, 0.15) is 24.2 Å². The monoisotopic (exact) mass is 310 g/mol. The van der Waals surface area contributed by atoms with Crippen LogP contribution in [0.4, 0.5) is 0 Å². The van der Waals surface area contributed by atoms with E-state index in [1.807, 2.05) is 4.57 Å². The van der Waals surface area contributed by atoms with E-state index in [4.69, 9.17) is 9.84 Å². The average molecular weight is 310 g/mol. The first-order valence-electron chi connectivity index (χ1n) is 7.32. The molecule has 2 heterocycles. The number of nitrogens with zero attached hydrogens (tertiary/aromatic N) is 2. The largest absolute Gasteiger partial charge is 0.503 e. The Morgan fingerprint density at radius 2 is 2.27 bits per heavy atom. The summed E-state index contributed by atoms with van der Waals surface area (Å²) in [5.74, 6) is -1.27. The highest BCUT2D eigenvalue weighted by molar-refractivity contribution is 5.69. The number of aromatic hydroxyl groups is 1. The van der Waals surface area contributed by atoms with Crippen LogP contribution in [-0.4, -0.2) is 52.0 Å². The summed E-state index contributed by atoms with van der Waals surface area (Å²) in [5.41, 5.74) is 0.723. The molecule has 0 spiro atoms. The molecule has 1 atom stereocenters. The van der Waals surface area contributed by atoms with Crippen molar-refractivity contribution in [3.8, 4) is 5.75 Å². The summed E-state index contributed by atoms with van der Waals surface area (Å²) in [6, 6.07) is 1.39. The number of pyridine rings is 1. The normalized spacial score (nSPS) is 18.0. The topological polar surface area (TPSA) is 92.0 Å². The van der Waals surface area contributed by atoms with Crippen LogP contribution in [-0.2, 0) is 22.6 Å². The zero-order chi connectivity index (χ0) is 16.3. The van der Waals surface area contributed by atoms with Gasteiger partial charge in [0.15, 0.2) is 5.75 Å². The number of aromatic nitrogens is 1. The number of aryl methyl sites for hydroxylation is 1. The minimum absolute atomic E-state index is 0.0594. The number of likely N-dealkylation sites (N-methyl/N-ethyl adjacent to an activating group) is 1. The number of rotatable bonds is 6. The molecule has 22 heavy (non-hydrogen) atoms. The molecule has 2 N–H and O–H groups in total. The summed E-state index contributed by atoms with van der Waals surface area (Å²) in [7, 11) is 1.64. The average Bonchev–Trinajstić information content (AvgIpc) is 2.92. The Kier molecular flexibility index (Phi) is 5.20. The first-order chi connectivity index (χ1) is 10.4. The molecule has 1 aromatic heterocycles. The minimum Gasteiger partial charge on any atom is -0.503 e. The van der Waals surface area contributed by atoms with Gasteiger partial charge in [-0.1, -0.05) is 0 Å². The molecule has 1 fully saturated rings. The maximum Gasteiger partial charge on any atom is 0.317 e. The Balaban J connectivity index is 2.31. The summed E-state index contributed by atoms with van der Waals surface area (Å²) in [4.78, 5) is 24.2. The number of aliphatic carboxylic acids is 1. The molecular formula is C15H22N2O5. The molecule has 7 heteroatoms. The Bertz CT molecular complexity index is 605. The van der Waals surface area contributed by atoms with E-state index in [9.17, 15) is 14.7 Å². The third kappa shape index (κ3) is 3.86. The fraction of sp³-hybridized carbons (Fsp3) is 0.600. The van der Waals surface area contributed by atoms with Gasteiger partial charge < -0.3 is 19.5 Å². The number of hydrogen-bond donors (Lipinski definition) is 2. The van der Waals surface area contributed by atoms with Crippen molar-refractivity contribution in [2.24, 2.45) is 0 Å². The van der Waals surface area contributed by atoms with Gasteiger partial charge in [-0.05, 0) is 26.8 Å². The van der Waals surface area contributed by atoms with Crippen molar-refractivity contribution < 1.29 is 19.7 Å². The van der Waals surface area contributed by atoms with E-state index in [1.54, 1.807) is 18.9 Å². The van der Waals surface area contributed by atoms with Crippen LogP contribution >= 0.6 is 0 Å². The lowest BCUT2D eigenvalue weighted by Gasteiger charge is -2.23. The SMILES string of the molecule is Cc1cc(=O)c(O)c(CN(C)CC(=O)O)n1CC1CCCO1. The lowest BCUT2D eigenvalue weighted by molar-refractivity contribution is -0.138. The second-order valence-corrected chi connectivity index (χ2v) is 5.76. The molecule has 0 aliphatic carbocycles. The Morgan fingerprint density at radius 3 is 2.86 bits per heavy atom. The molecule has 0 amide bonds.